The first-order chi connectivity index (χ1) is 7.98. The van der Waals surface area contributed by atoms with E-state index >= 15 is 0 Å². The molecule has 2 unspecified atom stereocenters. The van der Waals surface area contributed by atoms with Crippen molar-refractivity contribution in [3.05, 3.63) is 29.8 Å². The first kappa shape index (κ1) is 14.0. The summed E-state index contributed by atoms with van der Waals surface area (Å²) in [6.07, 6.45) is 0.680. The molecule has 2 atom stereocenters. The predicted octanol–water partition coefficient (Wildman–Crippen LogP) is 2.51. The van der Waals surface area contributed by atoms with Crippen LogP contribution in [-0.2, 0) is 0 Å². The Kier molecular flexibility index (Phi) is 4.97. The second-order valence-corrected chi connectivity index (χ2v) is 4.72. The van der Waals surface area contributed by atoms with E-state index in [1.807, 2.05) is 32.2 Å². The maximum atomic E-state index is 9.87. The maximum Gasteiger partial charge on any atom is 0.119 e. The minimum atomic E-state index is -0.759. The number of aliphatic hydroxyl groups is 1. The normalized spacial score (nSPS) is 16.3. The summed E-state index contributed by atoms with van der Waals surface area (Å²) in [4.78, 5) is 0. The van der Waals surface area contributed by atoms with Crippen LogP contribution in [0.4, 0.5) is 0 Å². The Balaban J connectivity index is 2.66. The fourth-order valence-electron chi connectivity index (χ4n) is 1.38. The minimum absolute atomic E-state index is 0.297. The molecular formula is C14H23NO2. The molecule has 0 aliphatic rings. The largest absolute Gasteiger partial charge is 0.491 e. The number of rotatable bonds is 6. The van der Waals surface area contributed by atoms with E-state index in [0.29, 0.717) is 19.1 Å². The third-order valence-electron chi connectivity index (χ3n) is 3.10. The quantitative estimate of drug-likeness (QED) is 0.798. The maximum absolute atomic E-state index is 9.87. The molecule has 0 spiro atoms. The second-order valence-electron chi connectivity index (χ2n) is 4.72. The first-order valence-electron chi connectivity index (χ1n) is 6.11. The molecule has 0 saturated heterocycles. The lowest BCUT2D eigenvalue weighted by Crippen LogP contribution is -2.31. The van der Waals surface area contributed by atoms with Crippen LogP contribution in [-0.4, -0.2) is 24.4 Å². The summed E-state index contributed by atoms with van der Waals surface area (Å²) in [5.41, 5.74) is 0.422. The molecule has 0 amide bonds. The van der Waals surface area contributed by atoms with Gasteiger partial charge in [-0.25, -0.2) is 0 Å². The van der Waals surface area contributed by atoms with Gasteiger partial charge in [-0.15, -0.1) is 0 Å². The summed E-state index contributed by atoms with van der Waals surface area (Å²) in [7, 11) is 1.93. The summed E-state index contributed by atoms with van der Waals surface area (Å²) in [5, 5.41) is 13.1. The Morgan fingerprint density at radius 2 is 2.18 bits per heavy atom. The average molecular weight is 237 g/mol. The highest BCUT2D eigenvalue weighted by Crippen LogP contribution is 2.20. The van der Waals surface area contributed by atoms with Gasteiger partial charge >= 0.3 is 0 Å². The summed E-state index contributed by atoms with van der Waals surface area (Å²) in [5.74, 6) is 0.804. The number of hydrogen-bond donors (Lipinski definition) is 2. The Bertz CT molecular complexity index is 350. The third kappa shape index (κ3) is 4.36. The van der Waals surface area contributed by atoms with Crippen molar-refractivity contribution in [2.24, 2.45) is 0 Å². The Labute approximate surface area is 104 Å². The van der Waals surface area contributed by atoms with E-state index in [1.165, 1.54) is 5.56 Å². The van der Waals surface area contributed by atoms with E-state index < -0.39 is 5.60 Å². The highest BCUT2D eigenvalue weighted by molar-refractivity contribution is 5.30. The summed E-state index contributed by atoms with van der Waals surface area (Å²) < 4.78 is 5.62. The zero-order valence-corrected chi connectivity index (χ0v) is 11.2. The zero-order chi connectivity index (χ0) is 12.9. The average Bonchev–Trinajstić information content (AvgIpc) is 2.36. The van der Waals surface area contributed by atoms with Crippen LogP contribution in [0.3, 0.4) is 0 Å². The fraction of sp³-hybridized carbons (Fsp3) is 0.571. The molecule has 3 heteroatoms. The molecule has 0 saturated carbocycles. The van der Waals surface area contributed by atoms with Crippen molar-refractivity contribution in [3.8, 4) is 5.75 Å². The minimum Gasteiger partial charge on any atom is -0.491 e. The first-order valence-corrected chi connectivity index (χ1v) is 6.11. The molecule has 96 valence electrons. The molecule has 0 heterocycles. The van der Waals surface area contributed by atoms with Gasteiger partial charge in [0.15, 0.2) is 0 Å². The van der Waals surface area contributed by atoms with Crippen molar-refractivity contribution in [1.29, 1.82) is 0 Å². The molecule has 0 bridgehead atoms. The molecule has 2 N–H and O–H groups in total. The monoisotopic (exact) mass is 237 g/mol. The van der Waals surface area contributed by atoms with Crippen molar-refractivity contribution >= 4 is 0 Å². The van der Waals surface area contributed by atoms with Gasteiger partial charge in [-0.1, -0.05) is 19.1 Å². The van der Waals surface area contributed by atoms with Gasteiger partial charge in [0.2, 0.25) is 0 Å². The summed E-state index contributed by atoms with van der Waals surface area (Å²) in [6, 6.07) is 8.25. The predicted molar refractivity (Wildman–Crippen MR) is 70.3 cm³/mol. The van der Waals surface area contributed by atoms with Crippen LogP contribution in [0.2, 0.25) is 0 Å². The van der Waals surface area contributed by atoms with Crippen LogP contribution >= 0.6 is 0 Å². The molecule has 0 fully saturated rings. The number of benzene rings is 1. The smallest absolute Gasteiger partial charge is 0.119 e. The molecule has 17 heavy (non-hydrogen) atoms. The van der Waals surface area contributed by atoms with Gasteiger partial charge in [0.25, 0.3) is 0 Å². The second kappa shape index (κ2) is 6.03. The van der Waals surface area contributed by atoms with Crippen LogP contribution in [0.1, 0.15) is 38.8 Å². The molecule has 0 aliphatic carbocycles. The number of hydrogen-bond acceptors (Lipinski definition) is 3. The number of nitrogens with one attached hydrogen (secondary N) is 1. The van der Waals surface area contributed by atoms with Crippen molar-refractivity contribution in [3.63, 3.8) is 0 Å². The van der Waals surface area contributed by atoms with Crippen LogP contribution in [0.15, 0.2) is 24.3 Å². The standard InChI is InChI=1S/C14H23NO2/c1-5-14(3,16)10-17-13-8-6-7-12(9-13)11(2)15-4/h6-9,11,15-16H,5,10H2,1-4H3. The molecule has 1 rings (SSSR count). The Morgan fingerprint density at radius 1 is 1.47 bits per heavy atom. The van der Waals surface area contributed by atoms with Gasteiger partial charge in [0, 0.05) is 6.04 Å². The molecule has 0 radical (unpaired) electrons. The lowest BCUT2D eigenvalue weighted by molar-refractivity contribution is 0.00844. The van der Waals surface area contributed by atoms with Crippen LogP contribution in [0.25, 0.3) is 0 Å². The lowest BCUT2D eigenvalue weighted by atomic mass is 10.1. The molecule has 1 aromatic carbocycles. The fourth-order valence-corrected chi connectivity index (χ4v) is 1.38. The van der Waals surface area contributed by atoms with Crippen molar-refractivity contribution < 1.29 is 9.84 Å². The topological polar surface area (TPSA) is 41.5 Å². The zero-order valence-electron chi connectivity index (χ0n) is 11.2. The van der Waals surface area contributed by atoms with Gasteiger partial charge < -0.3 is 15.2 Å². The lowest BCUT2D eigenvalue weighted by Gasteiger charge is -2.22. The van der Waals surface area contributed by atoms with Crippen molar-refractivity contribution in [1.82, 2.24) is 5.32 Å². The van der Waals surface area contributed by atoms with Gasteiger partial charge in [-0.2, -0.15) is 0 Å². The SMILES string of the molecule is CCC(C)(O)COc1cccc(C(C)NC)c1. The third-order valence-corrected chi connectivity index (χ3v) is 3.10. The van der Waals surface area contributed by atoms with Crippen LogP contribution in [0.5, 0.6) is 5.75 Å². The highest BCUT2D eigenvalue weighted by Gasteiger charge is 2.18. The Morgan fingerprint density at radius 3 is 2.76 bits per heavy atom. The van der Waals surface area contributed by atoms with Crippen LogP contribution in [0, 0.1) is 0 Å². The summed E-state index contributed by atoms with van der Waals surface area (Å²) in [6.45, 7) is 6.15. The van der Waals surface area contributed by atoms with Gasteiger partial charge in [-0.05, 0) is 45.0 Å². The van der Waals surface area contributed by atoms with E-state index in [-0.39, 0.29) is 0 Å². The molecule has 0 aromatic heterocycles. The highest BCUT2D eigenvalue weighted by atomic mass is 16.5. The van der Waals surface area contributed by atoms with E-state index in [9.17, 15) is 5.11 Å². The van der Waals surface area contributed by atoms with E-state index in [0.717, 1.165) is 5.75 Å². The molecule has 0 aliphatic heterocycles. The van der Waals surface area contributed by atoms with Gasteiger partial charge in [-0.3, -0.25) is 0 Å². The Hall–Kier alpha value is -1.06. The van der Waals surface area contributed by atoms with E-state index in [2.05, 4.69) is 18.3 Å². The van der Waals surface area contributed by atoms with E-state index in [4.69, 9.17) is 4.74 Å². The van der Waals surface area contributed by atoms with Gasteiger partial charge in [0.05, 0.1) is 5.60 Å². The van der Waals surface area contributed by atoms with Crippen LogP contribution < -0.4 is 10.1 Å². The number of ether oxygens (including phenoxy) is 1. The van der Waals surface area contributed by atoms with Crippen molar-refractivity contribution in [2.45, 2.75) is 38.8 Å². The van der Waals surface area contributed by atoms with Crippen molar-refractivity contribution in [2.75, 3.05) is 13.7 Å². The molecular weight excluding hydrogens is 214 g/mol. The van der Waals surface area contributed by atoms with E-state index in [1.54, 1.807) is 6.92 Å². The summed E-state index contributed by atoms with van der Waals surface area (Å²) >= 11 is 0. The van der Waals surface area contributed by atoms with Gasteiger partial charge in [0.1, 0.15) is 12.4 Å². The molecule has 1 aromatic rings. The molecule has 3 nitrogen and oxygen atoms in total.